The highest BCUT2D eigenvalue weighted by Crippen LogP contribution is 2.29. The van der Waals surface area contributed by atoms with Crippen LogP contribution in [0.4, 0.5) is 13.2 Å². The summed E-state index contributed by atoms with van der Waals surface area (Å²) in [7, 11) is 2.92. The van der Waals surface area contributed by atoms with Crippen molar-refractivity contribution in [3.8, 4) is 11.7 Å². The lowest BCUT2D eigenvalue weighted by Gasteiger charge is -2.10. The summed E-state index contributed by atoms with van der Waals surface area (Å²) in [6, 6.07) is 12.2. The van der Waals surface area contributed by atoms with Crippen LogP contribution >= 0.6 is 0 Å². The van der Waals surface area contributed by atoms with Crippen LogP contribution in [0.25, 0.3) is 5.69 Å². The van der Waals surface area contributed by atoms with Gasteiger partial charge in [0.25, 0.3) is 0 Å². The number of benzene rings is 2. The molecule has 0 unspecified atom stereocenters. The van der Waals surface area contributed by atoms with Gasteiger partial charge in [-0.15, -0.1) is 5.10 Å². The van der Waals surface area contributed by atoms with E-state index in [2.05, 4.69) is 10.3 Å². The molecule has 0 amide bonds. The Morgan fingerprint density at radius 2 is 1.93 bits per heavy atom. The summed E-state index contributed by atoms with van der Waals surface area (Å²) < 4.78 is 45.9. The minimum atomic E-state index is -4.39. The van der Waals surface area contributed by atoms with Gasteiger partial charge in [0.05, 0.1) is 18.4 Å². The van der Waals surface area contributed by atoms with Crippen LogP contribution < -0.4 is 10.4 Å². The molecular formula is C20H19F3N4O3. The van der Waals surface area contributed by atoms with Crippen LogP contribution in [0.15, 0.2) is 58.5 Å². The quantitative estimate of drug-likeness (QED) is 0.434. The minimum Gasteiger partial charge on any atom is -0.467 e. The van der Waals surface area contributed by atoms with Crippen molar-refractivity contribution >= 4 is 6.21 Å². The van der Waals surface area contributed by atoms with Crippen molar-refractivity contribution in [3.05, 3.63) is 75.7 Å². The predicted octanol–water partition coefficient (Wildman–Crippen LogP) is 3.34. The number of methoxy groups -OCH3 is 1. The van der Waals surface area contributed by atoms with Gasteiger partial charge in [0.15, 0.2) is 0 Å². The molecule has 0 saturated heterocycles. The summed E-state index contributed by atoms with van der Waals surface area (Å²) in [5.41, 5.74) is 0.554. The number of nitrogens with zero attached hydrogens (tertiary/aromatic N) is 4. The van der Waals surface area contributed by atoms with E-state index in [9.17, 15) is 18.0 Å². The Morgan fingerprint density at radius 3 is 2.67 bits per heavy atom. The summed E-state index contributed by atoms with van der Waals surface area (Å²) in [4.78, 5) is 17.7. The van der Waals surface area contributed by atoms with Gasteiger partial charge >= 0.3 is 17.9 Å². The van der Waals surface area contributed by atoms with Crippen molar-refractivity contribution in [2.24, 2.45) is 12.2 Å². The Bertz CT molecular complexity index is 1100. The number of alkyl halides is 3. The molecule has 30 heavy (non-hydrogen) atoms. The highest BCUT2D eigenvalue weighted by molar-refractivity contribution is 5.61. The summed E-state index contributed by atoms with van der Waals surface area (Å²) in [5, 5.41) is 7.82. The summed E-state index contributed by atoms with van der Waals surface area (Å²) in [6.45, 7) is 0.0414. The molecule has 0 aliphatic rings. The van der Waals surface area contributed by atoms with Gasteiger partial charge in [-0.05, 0) is 17.7 Å². The van der Waals surface area contributed by atoms with Gasteiger partial charge in [-0.2, -0.15) is 13.2 Å². The lowest BCUT2D eigenvalue weighted by molar-refractivity contribution is -0.137. The van der Waals surface area contributed by atoms with E-state index in [-0.39, 0.29) is 24.7 Å². The molecule has 0 fully saturated rings. The van der Waals surface area contributed by atoms with Crippen LogP contribution in [0.5, 0.6) is 6.01 Å². The number of para-hydroxylation sites is 1. The molecule has 3 aromatic rings. The highest BCUT2D eigenvalue weighted by Gasteiger charge is 2.30. The zero-order valence-corrected chi connectivity index (χ0v) is 16.3. The number of aryl methyl sites for hydroxylation is 1. The fourth-order valence-corrected chi connectivity index (χ4v) is 2.81. The zero-order chi connectivity index (χ0) is 21.7. The monoisotopic (exact) mass is 420 g/mol. The zero-order valence-electron chi connectivity index (χ0n) is 16.3. The maximum atomic E-state index is 12.8. The molecule has 158 valence electrons. The number of rotatable bonds is 7. The van der Waals surface area contributed by atoms with Crippen LogP contribution in [-0.2, 0) is 31.1 Å². The number of aromatic nitrogens is 3. The predicted molar refractivity (Wildman–Crippen MR) is 104 cm³/mol. The maximum Gasteiger partial charge on any atom is 0.416 e. The van der Waals surface area contributed by atoms with E-state index in [1.54, 1.807) is 30.3 Å². The smallest absolute Gasteiger partial charge is 0.416 e. The second kappa shape index (κ2) is 8.85. The molecule has 2 aromatic carbocycles. The number of oxime groups is 1. The molecule has 7 nitrogen and oxygen atoms in total. The normalized spacial score (nSPS) is 11.8. The molecule has 0 N–H and O–H groups in total. The minimum absolute atomic E-state index is 0.0414. The van der Waals surface area contributed by atoms with Crippen molar-refractivity contribution in [2.75, 3.05) is 7.11 Å². The van der Waals surface area contributed by atoms with Crippen molar-refractivity contribution in [1.82, 2.24) is 14.3 Å². The van der Waals surface area contributed by atoms with Gasteiger partial charge in [-0.3, -0.25) is 0 Å². The molecule has 1 heterocycles. The third kappa shape index (κ3) is 4.70. The average Bonchev–Trinajstić information content (AvgIpc) is 3.01. The van der Waals surface area contributed by atoms with E-state index in [0.717, 1.165) is 16.8 Å². The molecule has 0 radical (unpaired) electrons. The second-order valence-electron chi connectivity index (χ2n) is 6.32. The van der Waals surface area contributed by atoms with Crippen LogP contribution in [0.3, 0.4) is 0 Å². The first-order valence-corrected chi connectivity index (χ1v) is 8.89. The van der Waals surface area contributed by atoms with Gasteiger partial charge in [0.2, 0.25) is 0 Å². The fraction of sp³-hybridized carbons (Fsp3) is 0.250. The van der Waals surface area contributed by atoms with Crippen molar-refractivity contribution in [3.63, 3.8) is 0 Å². The molecule has 10 heteroatoms. The van der Waals surface area contributed by atoms with Gasteiger partial charge in [0.1, 0.15) is 6.61 Å². The molecule has 0 aliphatic carbocycles. The molecule has 0 atom stereocenters. The average molecular weight is 420 g/mol. The van der Waals surface area contributed by atoms with Crippen LogP contribution in [0.1, 0.15) is 16.7 Å². The molecule has 0 aliphatic heterocycles. The Balaban J connectivity index is 1.69. The van der Waals surface area contributed by atoms with E-state index in [4.69, 9.17) is 9.57 Å². The Morgan fingerprint density at radius 1 is 1.17 bits per heavy atom. The number of hydrogen-bond acceptors (Lipinski definition) is 5. The molecule has 0 spiro atoms. The third-order valence-electron chi connectivity index (χ3n) is 4.26. The molecular weight excluding hydrogens is 401 g/mol. The summed E-state index contributed by atoms with van der Waals surface area (Å²) >= 11 is 0. The largest absolute Gasteiger partial charge is 0.467 e. The van der Waals surface area contributed by atoms with Crippen LogP contribution in [0, 0.1) is 0 Å². The van der Waals surface area contributed by atoms with Gasteiger partial charge in [0, 0.05) is 25.2 Å². The first-order valence-electron chi connectivity index (χ1n) is 8.89. The summed E-state index contributed by atoms with van der Waals surface area (Å²) in [6.07, 6.45) is -2.82. The number of hydrogen-bond donors (Lipinski definition) is 0. The number of halogens is 3. The molecule has 0 saturated carbocycles. The van der Waals surface area contributed by atoms with E-state index in [1.165, 1.54) is 31.0 Å². The summed E-state index contributed by atoms with van der Waals surface area (Å²) in [5.74, 6) is 0. The second-order valence-corrected chi connectivity index (χ2v) is 6.32. The van der Waals surface area contributed by atoms with Gasteiger partial charge in [-0.1, -0.05) is 41.6 Å². The van der Waals surface area contributed by atoms with Gasteiger partial charge in [-0.25, -0.2) is 14.0 Å². The molecule has 0 bridgehead atoms. The van der Waals surface area contributed by atoms with Gasteiger partial charge < -0.3 is 9.57 Å². The van der Waals surface area contributed by atoms with Crippen LogP contribution in [-0.4, -0.2) is 27.7 Å². The van der Waals surface area contributed by atoms with E-state index < -0.39 is 11.7 Å². The first kappa shape index (κ1) is 21.2. The van der Waals surface area contributed by atoms with E-state index >= 15 is 0 Å². The van der Waals surface area contributed by atoms with Crippen molar-refractivity contribution in [1.29, 1.82) is 0 Å². The Hall–Kier alpha value is -3.56. The van der Waals surface area contributed by atoms with E-state index in [0.29, 0.717) is 16.8 Å². The van der Waals surface area contributed by atoms with Crippen LogP contribution in [0.2, 0.25) is 0 Å². The third-order valence-corrected chi connectivity index (χ3v) is 4.26. The standard InChI is InChI=1S/C20H19F3N4O3/c1-26-19(28)27(18(25-26)29-2)17-9-4-3-7-15(17)13-30-24-11-10-14-6-5-8-16(12-14)20(21,22)23/h3-9,11-12H,10,13H2,1-2H3. The highest BCUT2D eigenvalue weighted by atomic mass is 19.4. The Kier molecular flexibility index (Phi) is 6.24. The SMILES string of the molecule is COc1nn(C)c(=O)n1-c1ccccc1CON=CCc1cccc(C(F)(F)F)c1. The molecule has 1 aromatic heterocycles. The van der Waals surface area contributed by atoms with E-state index in [1.807, 2.05) is 0 Å². The maximum absolute atomic E-state index is 12.8. The topological polar surface area (TPSA) is 70.6 Å². The van der Waals surface area contributed by atoms with Crippen molar-refractivity contribution < 1.29 is 22.7 Å². The molecule has 3 rings (SSSR count). The fourth-order valence-electron chi connectivity index (χ4n) is 2.81. The number of ether oxygens (including phenoxy) is 1. The lowest BCUT2D eigenvalue weighted by atomic mass is 10.1. The lowest BCUT2D eigenvalue weighted by Crippen LogP contribution is -2.22. The first-order chi connectivity index (χ1) is 14.3. The van der Waals surface area contributed by atoms with Crippen molar-refractivity contribution in [2.45, 2.75) is 19.2 Å². The Labute approximate surface area is 170 Å².